The van der Waals surface area contributed by atoms with Crippen molar-refractivity contribution in [2.45, 2.75) is 13.8 Å². The van der Waals surface area contributed by atoms with Crippen molar-refractivity contribution >= 4 is 5.71 Å². The zero-order valence-electron chi connectivity index (χ0n) is 6.13. The van der Waals surface area contributed by atoms with Crippen LogP contribution in [0.1, 0.15) is 13.8 Å². The third-order valence-electron chi connectivity index (χ3n) is 1.61. The molecular formula is C8H10NO. The van der Waals surface area contributed by atoms with E-state index in [1.807, 2.05) is 26.0 Å². The van der Waals surface area contributed by atoms with Crippen molar-refractivity contribution in [2.75, 3.05) is 0 Å². The molecule has 1 rings (SSSR count). The molecule has 10 heavy (non-hydrogen) atoms. The maximum Gasteiger partial charge on any atom is 0.0896 e. The van der Waals surface area contributed by atoms with Crippen molar-refractivity contribution in [2.24, 2.45) is 11.1 Å². The number of hydrogen-bond donors (Lipinski definition) is 1. The van der Waals surface area contributed by atoms with E-state index in [1.165, 1.54) is 0 Å². The molecule has 0 fully saturated rings. The smallest absolute Gasteiger partial charge is 0.0896 e. The van der Waals surface area contributed by atoms with E-state index < -0.39 is 0 Å². The Morgan fingerprint density at radius 2 is 2.40 bits per heavy atom. The van der Waals surface area contributed by atoms with E-state index in [0.29, 0.717) is 5.71 Å². The Labute approximate surface area is 60.6 Å². The van der Waals surface area contributed by atoms with Crippen molar-refractivity contribution in [1.29, 1.82) is 0 Å². The Morgan fingerprint density at radius 3 is 2.80 bits per heavy atom. The first-order valence-corrected chi connectivity index (χ1v) is 3.24. The van der Waals surface area contributed by atoms with Crippen LogP contribution in [0, 0.1) is 12.0 Å². The zero-order chi connectivity index (χ0) is 7.56. The van der Waals surface area contributed by atoms with Crippen LogP contribution in [-0.2, 0) is 0 Å². The van der Waals surface area contributed by atoms with Crippen LogP contribution in [0.4, 0.5) is 0 Å². The van der Waals surface area contributed by atoms with E-state index in [9.17, 15) is 0 Å². The summed E-state index contributed by atoms with van der Waals surface area (Å²) in [5, 5.41) is 11.7. The van der Waals surface area contributed by atoms with Gasteiger partial charge in [0.25, 0.3) is 0 Å². The molecule has 2 nitrogen and oxygen atoms in total. The van der Waals surface area contributed by atoms with Crippen molar-refractivity contribution < 1.29 is 5.21 Å². The predicted molar refractivity (Wildman–Crippen MR) is 40.0 cm³/mol. The summed E-state index contributed by atoms with van der Waals surface area (Å²) in [5.41, 5.74) is 1.63. The number of nitrogens with zero attached hydrogens (tertiary/aromatic N) is 1. The molecule has 0 aromatic heterocycles. The second kappa shape index (κ2) is 2.69. The third-order valence-corrected chi connectivity index (χ3v) is 1.61. The third kappa shape index (κ3) is 1.10. The minimum atomic E-state index is 0.214. The molecule has 1 unspecified atom stereocenters. The van der Waals surface area contributed by atoms with Crippen LogP contribution in [0.15, 0.2) is 22.9 Å². The fourth-order valence-corrected chi connectivity index (χ4v) is 0.990. The summed E-state index contributed by atoms with van der Waals surface area (Å²) in [6.45, 7) is 3.87. The van der Waals surface area contributed by atoms with Gasteiger partial charge in [0.2, 0.25) is 0 Å². The van der Waals surface area contributed by atoms with Gasteiger partial charge in [0, 0.05) is 5.92 Å². The van der Waals surface area contributed by atoms with E-state index in [2.05, 4.69) is 11.2 Å². The van der Waals surface area contributed by atoms with Crippen LogP contribution in [0.3, 0.4) is 0 Å². The largest absolute Gasteiger partial charge is 0.411 e. The fraction of sp³-hybridized carbons (Fsp3) is 0.375. The summed E-state index contributed by atoms with van der Waals surface area (Å²) in [4.78, 5) is 0. The number of hydrogen-bond acceptors (Lipinski definition) is 2. The standard InChI is InChI=1S/C8H10NO/c1-6-4-3-5-7(2)8(6)9-10/h3-4,6,10H,1-2H3. The number of rotatable bonds is 0. The highest BCUT2D eigenvalue weighted by Crippen LogP contribution is 2.13. The molecule has 0 amide bonds. The summed E-state index contributed by atoms with van der Waals surface area (Å²) in [5.74, 6) is 0.214. The van der Waals surface area contributed by atoms with E-state index in [-0.39, 0.29) is 5.92 Å². The van der Waals surface area contributed by atoms with Crippen molar-refractivity contribution in [3.05, 3.63) is 23.8 Å². The molecule has 53 valence electrons. The predicted octanol–water partition coefficient (Wildman–Crippen LogP) is 1.77. The van der Waals surface area contributed by atoms with Crippen LogP contribution >= 0.6 is 0 Å². The average Bonchev–Trinajstić information content (AvgIpc) is 1.88. The maximum absolute atomic E-state index is 8.53. The Morgan fingerprint density at radius 1 is 1.70 bits per heavy atom. The van der Waals surface area contributed by atoms with Crippen LogP contribution in [-0.4, -0.2) is 10.9 Å². The molecule has 1 atom stereocenters. The van der Waals surface area contributed by atoms with Gasteiger partial charge in [-0.3, -0.25) is 0 Å². The van der Waals surface area contributed by atoms with Crippen LogP contribution in [0.25, 0.3) is 0 Å². The maximum atomic E-state index is 8.53. The van der Waals surface area contributed by atoms with E-state index in [1.54, 1.807) is 0 Å². The summed E-state index contributed by atoms with van der Waals surface area (Å²) in [7, 11) is 0. The number of allylic oxidation sites excluding steroid dienone is 4. The number of oxime groups is 1. The molecule has 1 N–H and O–H groups in total. The quantitative estimate of drug-likeness (QED) is 0.399. The average molecular weight is 136 g/mol. The lowest BCUT2D eigenvalue weighted by atomic mass is 9.95. The van der Waals surface area contributed by atoms with Gasteiger partial charge in [0.15, 0.2) is 0 Å². The second-order valence-electron chi connectivity index (χ2n) is 2.40. The summed E-state index contributed by atoms with van der Waals surface area (Å²) >= 11 is 0. The summed E-state index contributed by atoms with van der Waals surface area (Å²) in [6.07, 6.45) is 6.76. The van der Waals surface area contributed by atoms with Gasteiger partial charge < -0.3 is 5.21 Å². The van der Waals surface area contributed by atoms with Gasteiger partial charge in [-0.15, -0.1) is 0 Å². The summed E-state index contributed by atoms with van der Waals surface area (Å²) in [6, 6.07) is 0. The van der Waals surface area contributed by atoms with Crippen LogP contribution < -0.4 is 0 Å². The van der Waals surface area contributed by atoms with E-state index in [0.717, 1.165) is 5.57 Å². The topological polar surface area (TPSA) is 32.6 Å². The van der Waals surface area contributed by atoms with Gasteiger partial charge in [-0.05, 0) is 18.6 Å². The van der Waals surface area contributed by atoms with Crippen molar-refractivity contribution in [3.63, 3.8) is 0 Å². The monoisotopic (exact) mass is 136 g/mol. The lowest BCUT2D eigenvalue weighted by molar-refractivity contribution is 0.316. The lowest BCUT2D eigenvalue weighted by Gasteiger charge is -2.11. The minimum absolute atomic E-state index is 0.214. The molecule has 1 aliphatic rings. The van der Waals surface area contributed by atoms with Gasteiger partial charge in [-0.2, -0.15) is 0 Å². The first-order valence-electron chi connectivity index (χ1n) is 3.24. The molecule has 0 spiro atoms. The highest BCUT2D eigenvalue weighted by molar-refractivity contribution is 6.02. The molecule has 1 radical (unpaired) electrons. The molecule has 0 heterocycles. The highest BCUT2D eigenvalue weighted by Gasteiger charge is 2.12. The Hall–Kier alpha value is -1.05. The normalized spacial score (nSPS) is 28.8. The SMILES string of the molecule is CC1=[C]C=CC(C)C1=NO. The Bertz CT molecular complexity index is 213. The Balaban J connectivity index is 2.93. The van der Waals surface area contributed by atoms with Gasteiger partial charge >= 0.3 is 0 Å². The molecule has 0 bridgehead atoms. The molecule has 0 aromatic carbocycles. The van der Waals surface area contributed by atoms with Gasteiger partial charge in [0.05, 0.1) is 5.71 Å². The Kier molecular flexibility index (Phi) is 1.90. The van der Waals surface area contributed by atoms with Gasteiger partial charge in [-0.25, -0.2) is 0 Å². The fourth-order valence-electron chi connectivity index (χ4n) is 0.990. The van der Waals surface area contributed by atoms with Crippen LogP contribution in [0.5, 0.6) is 0 Å². The minimum Gasteiger partial charge on any atom is -0.411 e. The molecule has 0 saturated heterocycles. The molecule has 0 aliphatic heterocycles. The summed E-state index contributed by atoms with van der Waals surface area (Å²) < 4.78 is 0. The van der Waals surface area contributed by atoms with Gasteiger partial charge in [-0.1, -0.05) is 24.2 Å². The van der Waals surface area contributed by atoms with Crippen molar-refractivity contribution in [1.82, 2.24) is 0 Å². The molecule has 0 aromatic rings. The van der Waals surface area contributed by atoms with Crippen LogP contribution in [0.2, 0.25) is 0 Å². The second-order valence-corrected chi connectivity index (χ2v) is 2.40. The first kappa shape index (κ1) is 7.06. The lowest BCUT2D eigenvalue weighted by Crippen LogP contribution is -2.12. The molecule has 1 aliphatic carbocycles. The van der Waals surface area contributed by atoms with E-state index in [4.69, 9.17) is 5.21 Å². The molecular weight excluding hydrogens is 126 g/mol. The zero-order valence-corrected chi connectivity index (χ0v) is 6.13. The first-order chi connectivity index (χ1) is 4.75. The van der Waals surface area contributed by atoms with E-state index >= 15 is 0 Å². The molecule has 2 heteroatoms. The highest BCUT2D eigenvalue weighted by atomic mass is 16.4. The van der Waals surface area contributed by atoms with Gasteiger partial charge in [0.1, 0.15) is 0 Å². The van der Waals surface area contributed by atoms with Crippen molar-refractivity contribution in [3.8, 4) is 0 Å². The molecule has 0 saturated carbocycles.